The Kier molecular flexibility index (Phi) is 5.81. The van der Waals surface area contributed by atoms with E-state index >= 15 is 0 Å². The number of thiocarbonyl (C=S) groups is 1. The Morgan fingerprint density at radius 2 is 2.08 bits per heavy atom. The van der Waals surface area contributed by atoms with Crippen molar-refractivity contribution in [2.24, 2.45) is 4.99 Å². The third-order valence-electron chi connectivity index (χ3n) is 3.35. The van der Waals surface area contributed by atoms with E-state index in [0.717, 1.165) is 27.6 Å². The van der Waals surface area contributed by atoms with Crippen molar-refractivity contribution in [1.82, 2.24) is 4.90 Å². The highest BCUT2D eigenvalue weighted by Gasteiger charge is 2.28. The van der Waals surface area contributed by atoms with Crippen molar-refractivity contribution in [2.75, 3.05) is 11.9 Å². The predicted molar refractivity (Wildman–Crippen MR) is 113 cm³/mol. The van der Waals surface area contributed by atoms with E-state index in [9.17, 15) is 0 Å². The zero-order chi connectivity index (χ0) is 17.1. The molecule has 1 aliphatic heterocycles. The minimum atomic E-state index is 0.429. The summed E-state index contributed by atoms with van der Waals surface area (Å²) in [6.45, 7) is 3.00. The van der Waals surface area contributed by atoms with Crippen molar-refractivity contribution in [3.8, 4) is 0 Å². The molecule has 1 heterocycles. The van der Waals surface area contributed by atoms with E-state index in [2.05, 4.69) is 28.2 Å². The molecule has 2 aromatic carbocycles. The summed E-state index contributed by atoms with van der Waals surface area (Å²) in [5, 5.41) is 5.88. The topological polar surface area (TPSA) is 27.6 Å². The average Bonchev–Trinajstić information content (AvgIpc) is 2.90. The van der Waals surface area contributed by atoms with Gasteiger partial charge in [-0.1, -0.05) is 52.3 Å². The summed E-state index contributed by atoms with van der Waals surface area (Å²) in [7, 11) is 0. The number of rotatable bonds is 2. The molecule has 7 heteroatoms. The number of thioether (sulfide) groups is 1. The van der Waals surface area contributed by atoms with E-state index in [1.165, 1.54) is 0 Å². The van der Waals surface area contributed by atoms with Crippen molar-refractivity contribution < 1.29 is 0 Å². The maximum absolute atomic E-state index is 6.03. The lowest BCUT2D eigenvalue weighted by atomic mass is 10.3. The van der Waals surface area contributed by atoms with E-state index < -0.39 is 0 Å². The van der Waals surface area contributed by atoms with Crippen molar-refractivity contribution in [3.63, 3.8) is 0 Å². The number of amidine groups is 1. The van der Waals surface area contributed by atoms with Crippen molar-refractivity contribution in [2.45, 2.75) is 12.2 Å². The normalized spacial score (nSPS) is 18.9. The van der Waals surface area contributed by atoms with Gasteiger partial charge >= 0.3 is 0 Å². The summed E-state index contributed by atoms with van der Waals surface area (Å²) in [6.07, 6.45) is 0. The molecule has 1 unspecified atom stereocenters. The van der Waals surface area contributed by atoms with Gasteiger partial charge < -0.3 is 5.32 Å². The molecule has 0 amide bonds. The van der Waals surface area contributed by atoms with Gasteiger partial charge in [-0.2, -0.15) is 0 Å². The molecular weight excluding hydrogens is 426 g/mol. The summed E-state index contributed by atoms with van der Waals surface area (Å²) < 4.78 is 1.04. The summed E-state index contributed by atoms with van der Waals surface area (Å²) in [5.41, 5.74) is 1.78. The standard InChI is InChI=1S/C17H15BrClN3S2/c1-11-10-22(16(23)20-15-4-2-3-13(19)9-15)17(24-11)21-14-7-5-12(18)6-8-14/h2-9,11H,10H2,1H3,(H,20,23). The first kappa shape index (κ1) is 17.7. The smallest absolute Gasteiger partial charge is 0.179 e. The van der Waals surface area contributed by atoms with Crippen LogP contribution >= 0.6 is 51.5 Å². The highest BCUT2D eigenvalue weighted by Crippen LogP contribution is 2.29. The van der Waals surface area contributed by atoms with Gasteiger partial charge in [0.1, 0.15) is 0 Å². The molecule has 0 aromatic heterocycles. The van der Waals surface area contributed by atoms with E-state index in [4.69, 9.17) is 28.8 Å². The van der Waals surface area contributed by atoms with E-state index in [0.29, 0.717) is 15.4 Å². The molecule has 3 rings (SSSR count). The number of hydrogen-bond donors (Lipinski definition) is 1. The van der Waals surface area contributed by atoms with Crippen molar-refractivity contribution in [3.05, 3.63) is 58.0 Å². The highest BCUT2D eigenvalue weighted by atomic mass is 79.9. The summed E-state index contributed by atoms with van der Waals surface area (Å²) in [5.74, 6) is 0. The third kappa shape index (κ3) is 4.51. The van der Waals surface area contributed by atoms with Gasteiger partial charge in [0.15, 0.2) is 10.3 Å². The minimum Gasteiger partial charge on any atom is -0.332 e. The average molecular weight is 441 g/mol. The molecule has 1 saturated heterocycles. The van der Waals surface area contributed by atoms with Gasteiger partial charge in [-0.05, 0) is 54.7 Å². The summed E-state index contributed by atoms with van der Waals surface area (Å²) >= 11 is 16.8. The first-order valence-electron chi connectivity index (χ1n) is 7.36. The van der Waals surface area contributed by atoms with Crippen LogP contribution in [-0.2, 0) is 0 Å². The van der Waals surface area contributed by atoms with Gasteiger partial charge in [0.05, 0.1) is 5.69 Å². The first-order valence-corrected chi connectivity index (χ1v) is 9.82. The van der Waals surface area contributed by atoms with E-state index in [1.807, 2.05) is 53.4 Å². The van der Waals surface area contributed by atoms with Crippen LogP contribution in [0.5, 0.6) is 0 Å². The number of nitrogens with zero attached hydrogens (tertiary/aromatic N) is 2. The molecule has 1 atom stereocenters. The van der Waals surface area contributed by atoms with Gasteiger partial charge in [0, 0.05) is 27.0 Å². The van der Waals surface area contributed by atoms with Gasteiger partial charge in [-0.15, -0.1) is 0 Å². The number of hydrogen-bond acceptors (Lipinski definition) is 3. The van der Waals surface area contributed by atoms with Gasteiger partial charge in [0.2, 0.25) is 0 Å². The predicted octanol–water partition coefficient (Wildman–Crippen LogP) is 5.92. The van der Waals surface area contributed by atoms with Crippen LogP contribution in [0.25, 0.3) is 0 Å². The molecule has 0 radical (unpaired) electrons. The Bertz CT molecular complexity index is 780. The van der Waals surface area contributed by atoms with Gasteiger partial charge in [0.25, 0.3) is 0 Å². The van der Waals surface area contributed by atoms with Crippen LogP contribution in [0.15, 0.2) is 58.0 Å². The SMILES string of the molecule is CC1CN(C(=S)Nc2cccc(Cl)c2)C(=Nc2ccc(Br)cc2)S1. The Morgan fingerprint density at radius 1 is 1.33 bits per heavy atom. The molecule has 0 bridgehead atoms. The van der Waals surface area contributed by atoms with Crippen molar-refractivity contribution in [1.29, 1.82) is 0 Å². The fourth-order valence-electron chi connectivity index (χ4n) is 2.26. The Morgan fingerprint density at radius 3 is 2.79 bits per heavy atom. The summed E-state index contributed by atoms with van der Waals surface area (Å²) in [4.78, 5) is 6.78. The summed E-state index contributed by atoms with van der Waals surface area (Å²) in [6, 6.07) is 15.4. The highest BCUT2D eigenvalue weighted by molar-refractivity contribution is 9.10. The molecule has 0 aliphatic carbocycles. The second kappa shape index (κ2) is 7.87. The lowest BCUT2D eigenvalue weighted by molar-refractivity contribution is 0.641. The zero-order valence-corrected chi connectivity index (χ0v) is 16.8. The molecule has 124 valence electrons. The molecule has 2 aromatic rings. The van der Waals surface area contributed by atoms with Crippen LogP contribution in [0.2, 0.25) is 5.02 Å². The van der Waals surface area contributed by atoms with Crippen LogP contribution in [-0.4, -0.2) is 27.0 Å². The Hall–Kier alpha value is -1.08. The zero-order valence-electron chi connectivity index (χ0n) is 12.9. The first-order chi connectivity index (χ1) is 11.5. The number of benzene rings is 2. The number of nitrogens with one attached hydrogen (secondary N) is 1. The number of aliphatic imine (C=N–C) groups is 1. The minimum absolute atomic E-state index is 0.429. The lowest BCUT2D eigenvalue weighted by Crippen LogP contribution is -2.36. The molecule has 1 N–H and O–H groups in total. The monoisotopic (exact) mass is 439 g/mol. The molecule has 0 saturated carbocycles. The Balaban J connectivity index is 1.79. The van der Waals surface area contributed by atoms with E-state index in [-0.39, 0.29) is 0 Å². The molecule has 3 nitrogen and oxygen atoms in total. The molecule has 24 heavy (non-hydrogen) atoms. The van der Waals surface area contributed by atoms with E-state index in [1.54, 1.807) is 11.8 Å². The molecule has 1 fully saturated rings. The van der Waals surface area contributed by atoms with Crippen molar-refractivity contribution >= 4 is 73.2 Å². The number of halogens is 2. The largest absolute Gasteiger partial charge is 0.332 e. The van der Waals surface area contributed by atoms with Gasteiger partial charge in [-0.3, -0.25) is 4.90 Å². The molecule has 0 spiro atoms. The van der Waals surface area contributed by atoms with Crippen LogP contribution in [0.4, 0.5) is 11.4 Å². The van der Waals surface area contributed by atoms with Crippen LogP contribution in [0, 0.1) is 0 Å². The third-order valence-corrected chi connectivity index (χ3v) is 5.51. The maximum Gasteiger partial charge on any atom is 0.179 e. The van der Waals surface area contributed by atoms with Crippen LogP contribution in [0.3, 0.4) is 0 Å². The quantitative estimate of drug-likeness (QED) is 0.586. The second-order valence-corrected chi connectivity index (χ2v) is 8.49. The Labute approximate surface area is 164 Å². The van der Waals surface area contributed by atoms with Crippen LogP contribution in [0.1, 0.15) is 6.92 Å². The fraction of sp³-hybridized carbons (Fsp3) is 0.176. The fourth-order valence-corrected chi connectivity index (χ4v) is 4.08. The second-order valence-electron chi connectivity index (χ2n) is 5.35. The number of anilines is 1. The van der Waals surface area contributed by atoms with Crippen LogP contribution < -0.4 is 5.32 Å². The molecular formula is C17H15BrClN3S2. The lowest BCUT2D eigenvalue weighted by Gasteiger charge is -2.20. The van der Waals surface area contributed by atoms with Gasteiger partial charge in [-0.25, -0.2) is 4.99 Å². The maximum atomic E-state index is 6.03. The molecule has 1 aliphatic rings.